The fourth-order valence-electron chi connectivity index (χ4n) is 1.63. The van der Waals surface area contributed by atoms with Crippen LogP contribution in [0.4, 0.5) is 4.79 Å². The third-order valence-corrected chi connectivity index (χ3v) is 3.38. The highest BCUT2D eigenvalue weighted by molar-refractivity contribution is 14.1. The standard InChI is InChI=1S/C11H11IN2O3/c12-8-3-1-7(2-4-8)6-14(11(16)17)9-5-13-10(9)15/h1-4,9H,5-6H2,(H,13,15)(H,16,17)/t9-/m0/s1. The maximum atomic E-state index is 11.2. The molecule has 0 bridgehead atoms. The van der Waals surface area contributed by atoms with Gasteiger partial charge in [0, 0.05) is 16.7 Å². The lowest BCUT2D eigenvalue weighted by atomic mass is 10.1. The first-order valence-corrected chi connectivity index (χ1v) is 6.17. The number of benzene rings is 1. The number of carbonyl (C=O) groups is 2. The second kappa shape index (κ2) is 4.91. The molecule has 2 amide bonds. The van der Waals surface area contributed by atoms with E-state index in [1.807, 2.05) is 24.3 Å². The molecule has 1 fully saturated rings. The highest BCUT2D eigenvalue weighted by Crippen LogP contribution is 2.14. The molecule has 1 saturated heterocycles. The zero-order chi connectivity index (χ0) is 12.4. The average molecular weight is 346 g/mol. The number of nitrogens with zero attached hydrogens (tertiary/aromatic N) is 1. The Morgan fingerprint density at radius 2 is 2.12 bits per heavy atom. The van der Waals surface area contributed by atoms with Crippen LogP contribution in [0, 0.1) is 3.57 Å². The minimum Gasteiger partial charge on any atom is -0.465 e. The van der Waals surface area contributed by atoms with Gasteiger partial charge in [-0.05, 0) is 40.3 Å². The molecular formula is C11H11IN2O3. The lowest BCUT2D eigenvalue weighted by Crippen LogP contribution is -2.62. The number of carboxylic acid groups (broad SMARTS) is 1. The maximum absolute atomic E-state index is 11.2. The van der Waals surface area contributed by atoms with E-state index in [9.17, 15) is 9.59 Å². The van der Waals surface area contributed by atoms with Gasteiger partial charge in [-0.3, -0.25) is 9.69 Å². The number of amides is 2. The molecular weight excluding hydrogens is 335 g/mol. The van der Waals surface area contributed by atoms with Gasteiger partial charge in [-0.2, -0.15) is 0 Å². The van der Waals surface area contributed by atoms with E-state index in [1.54, 1.807) is 0 Å². The van der Waals surface area contributed by atoms with E-state index in [1.165, 1.54) is 4.90 Å². The zero-order valence-electron chi connectivity index (χ0n) is 8.89. The van der Waals surface area contributed by atoms with Gasteiger partial charge < -0.3 is 10.4 Å². The van der Waals surface area contributed by atoms with Crippen molar-refractivity contribution in [3.63, 3.8) is 0 Å². The number of hydrogen-bond donors (Lipinski definition) is 2. The largest absolute Gasteiger partial charge is 0.465 e. The first-order chi connectivity index (χ1) is 8.08. The monoisotopic (exact) mass is 346 g/mol. The molecule has 1 aliphatic rings. The van der Waals surface area contributed by atoms with Crippen LogP contribution in [0.5, 0.6) is 0 Å². The molecule has 90 valence electrons. The van der Waals surface area contributed by atoms with Crippen molar-refractivity contribution in [2.24, 2.45) is 0 Å². The molecule has 0 spiro atoms. The molecule has 6 heteroatoms. The van der Waals surface area contributed by atoms with Crippen molar-refractivity contribution in [1.29, 1.82) is 0 Å². The molecule has 0 aliphatic carbocycles. The van der Waals surface area contributed by atoms with Crippen LogP contribution in [0.15, 0.2) is 24.3 Å². The Morgan fingerprint density at radius 1 is 1.47 bits per heavy atom. The fourth-order valence-corrected chi connectivity index (χ4v) is 1.99. The molecule has 1 aliphatic heterocycles. The molecule has 0 saturated carbocycles. The van der Waals surface area contributed by atoms with Crippen molar-refractivity contribution < 1.29 is 14.7 Å². The molecule has 1 heterocycles. The van der Waals surface area contributed by atoms with Gasteiger partial charge >= 0.3 is 6.09 Å². The smallest absolute Gasteiger partial charge is 0.408 e. The van der Waals surface area contributed by atoms with Crippen LogP contribution in [-0.2, 0) is 11.3 Å². The molecule has 2 rings (SSSR count). The third kappa shape index (κ3) is 2.68. The highest BCUT2D eigenvalue weighted by atomic mass is 127. The van der Waals surface area contributed by atoms with Crippen molar-refractivity contribution in [1.82, 2.24) is 10.2 Å². The number of nitrogens with one attached hydrogen (secondary N) is 1. The number of rotatable bonds is 3. The lowest BCUT2D eigenvalue weighted by molar-refractivity contribution is -0.132. The SMILES string of the molecule is O=C1NC[C@@H]1N(Cc1ccc(I)cc1)C(=O)O. The molecule has 17 heavy (non-hydrogen) atoms. The molecule has 2 N–H and O–H groups in total. The Bertz CT molecular complexity index is 447. The number of carbonyl (C=O) groups excluding carboxylic acids is 1. The van der Waals surface area contributed by atoms with E-state index >= 15 is 0 Å². The highest BCUT2D eigenvalue weighted by Gasteiger charge is 2.36. The summed E-state index contributed by atoms with van der Waals surface area (Å²) in [6.45, 7) is 0.639. The molecule has 1 aromatic rings. The lowest BCUT2D eigenvalue weighted by Gasteiger charge is -2.34. The van der Waals surface area contributed by atoms with E-state index in [-0.39, 0.29) is 12.5 Å². The molecule has 0 aromatic heterocycles. The Balaban J connectivity index is 2.10. The average Bonchev–Trinajstić information content (AvgIpc) is 2.29. The zero-order valence-corrected chi connectivity index (χ0v) is 11.0. The third-order valence-electron chi connectivity index (χ3n) is 2.66. The van der Waals surface area contributed by atoms with Crippen LogP contribution in [-0.4, -0.2) is 34.6 Å². The minimum absolute atomic E-state index is 0.224. The summed E-state index contributed by atoms with van der Waals surface area (Å²) in [5.74, 6) is -0.224. The van der Waals surface area contributed by atoms with Crippen molar-refractivity contribution in [3.8, 4) is 0 Å². The van der Waals surface area contributed by atoms with Crippen LogP contribution >= 0.6 is 22.6 Å². The summed E-state index contributed by atoms with van der Waals surface area (Å²) >= 11 is 2.18. The van der Waals surface area contributed by atoms with Crippen molar-refractivity contribution in [2.45, 2.75) is 12.6 Å². The second-order valence-corrected chi connectivity index (χ2v) is 5.04. The summed E-state index contributed by atoms with van der Waals surface area (Å²) in [5.41, 5.74) is 0.882. The Hall–Kier alpha value is -1.31. The van der Waals surface area contributed by atoms with Crippen molar-refractivity contribution in [3.05, 3.63) is 33.4 Å². The molecule has 5 nitrogen and oxygen atoms in total. The minimum atomic E-state index is -1.07. The van der Waals surface area contributed by atoms with Gasteiger partial charge in [0.2, 0.25) is 5.91 Å². The van der Waals surface area contributed by atoms with Gasteiger partial charge in [0.15, 0.2) is 0 Å². The molecule has 1 atom stereocenters. The normalized spacial score (nSPS) is 18.2. The molecule has 1 aromatic carbocycles. The van der Waals surface area contributed by atoms with Gasteiger partial charge in [0.25, 0.3) is 0 Å². The fraction of sp³-hybridized carbons (Fsp3) is 0.273. The van der Waals surface area contributed by atoms with Crippen molar-refractivity contribution >= 4 is 34.6 Å². The summed E-state index contributed by atoms with van der Waals surface area (Å²) in [5, 5.41) is 11.6. The number of halogens is 1. The van der Waals surface area contributed by atoms with E-state index in [4.69, 9.17) is 5.11 Å². The van der Waals surface area contributed by atoms with E-state index < -0.39 is 12.1 Å². The van der Waals surface area contributed by atoms with Crippen molar-refractivity contribution in [2.75, 3.05) is 6.54 Å². The Labute approximate surface area is 112 Å². The summed E-state index contributed by atoms with van der Waals surface area (Å²) in [7, 11) is 0. The maximum Gasteiger partial charge on any atom is 0.408 e. The first kappa shape index (κ1) is 12.2. The summed E-state index contributed by atoms with van der Waals surface area (Å²) in [6.07, 6.45) is -1.07. The van der Waals surface area contributed by atoms with Gasteiger partial charge in [-0.25, -0.2) is 4.79 Å². The molecule has 0 radical (unpaired) electrons. The van der Waals surface area contributed by atoms with Crippen LogP contribution in [0.3, 0.4) is 0 Å². The number of β-lactam (4-membered cyclic amide) rings is 1. The van der Waals surface area contributed by atoms with Gasteiger partial charge in [-0.15, -0.1) is 0 Å². The van der Waals surface area contributed by atoms with E-state index in [0.29, 0.717) is 6.54 Å². The van der Waals surface area contributed by atoms with Crippen LogP contribution in [0.2, 0.25) is 0 Å². The van der Waals surface area contributed by atoms with Crippen LogP contribution < -0.4 is 5.32 Å². The van der Waals surface area contributed by atoms with Gasteiger partial charge in [0.1, 0.15) is 6.04 Å². The predicted octanol–water partition coefficient (Wildman–Crippen LogP) is 1.27. The quantitative estimate of drug-likeness (QED) is 0.640. The first-order valence-electron chi connectivity index (χ1n) is 5.09. The van der Waals surface area contributed by atoms with Gasteiger partial charge in [-0.1, -0.05) is 12.1 Å². The summed E-state index contributed by atoms with van der Waals surface area (Å²) in [4.78, 5) is 23.5. The Kier molecular flexibility index (Phi) is 3.51. The van der Waals surface area contributed by atoms with Crippen LogP contribution in [0.1, 0.15) is 5.56 Å². The number of hydrogen-bond acceptors (Lipinski definition) is 2. The van der Waals surface area contributed by atoms with E-state index in [0.717, 1.165) is 9.13 Å². The van der Waals surface area contributed by atoms with Crippen LogP contribution in [0.25, 0.3) is 0 Å². The molecule has 0 unspecified atom stereocenters. The summed E-state index contributed by atoms with van der Waals surface area (Å²) < 4.78 is 1.09. The van der Waals surface area contributed by atoms with Gasteiger partial charge in [0.05, 0.1) is 0 Å². The second-order valence-electron chi connectivity index (χ2n) is 3.80. The summed E-state index contributed by atoms with van der Waals surface area (Å²) in [6, 6.07) is 7.02. The Morgan fingerprint density at radius 3 is 2.53 bits per heavy atom. The predicted molar refractivity (Wildman–Crippen MR) is 69.5 cm³/mol. The van der Waals surface area contributed by atoms with E-state index in [2.05, 4.69) is 27.9 Å². The topological polar surface area (TPSA) is 69.6 Å².